The van der Waals surface area contributed by atoms with Crippen LogP contribution in [0.15, 0.2) is 48.5 Å². The normalized spacial score (nSPS) is 27.9. The van der Waals surface area contributed by atoms with Crippen LogP contribution in [0.1, 0.15) is 55.6 Å². The summed E-state index contributed by atoms with van der Waals surface area (Å²) in [5, 5.41) is 12.0. The molecule has 1 amide bonds. The topological polar surface area (TPSA) is 69.6 Å². The number of halogens is 3. The van der Waals surface area contributed by atoms with E-state index >= 15 is 0 Å². The van der Waals surface area contributed by atoms with Crippen molar-refractivity contribution in [3.63, 3.8) is 0 Å². The van der Waals surface area contributed by atoms with Crippen LogP contribution in [0.25, 0.3) is 0 Å². The van der Waals surface area contributed by atoms with Crippen molar-refractivity contribution in [1.82, 2.24) is 4.90 Å². The lowest BCUT2D eigenvalue weighted by atomic mass is 9.81. The number of hydrogen-bond donors (Lipinski definition) is 2. The molecule has 2 aliphatic carbocycles. The van der Waals surface area contributed by atoms with Gasteiger partial charge in [0.05, 0.1) is 5.56 Å². The third-order valence-corrected chi connectivity index (χ3v) is 8.24. The minimum atomic E-state index is -4.47. The van der Waals surface area contributed by atoms with E-state index in [9.17, 15) is 27.9 Å². The number of rotatable bonds is 7. The van der Waals surface area contributed by atoms with E-state index in [4.69, 9.17) is 0 Å². The summed E-state index contributed by atoms with van der Waals surface area (Å²) in [6.45, 7) is 1.87. The Kier molecular flexibility index (Phi) is 6.81. The van der Waals surface area contributed by atoms with E-state index in [2.05, 4.69) is 10.2 Å². The molecule has 0 spiro atoms. The van der Waals surface area contributed by atoms with Gasteiger partial charge in [0.1, 0.15) is 11.5 Å². The van der Waals surface area contributed by atoms with Crippen molar-refractivity contribution in [2.45, 2.75) is 56.7 Å². The van der Waals surface area contributed by atoms with Crippen LogP contribution in [0.5, 0.6) is 5.75 Å². The summed E-state index contributed by atoms with van der Waals surface area (Å²) in [7, 11) is 0. The van der Waals surface area contributed by atoms with Gasteiger partial charge in [-0.1, -0.05) is 18.2 Å². The Morgan fingerprint density at radius 1 is 0.944 bits per heavy atom. The first-order chi connectivity index (χ1) is 17.2. The van der Waals surface area contributed by atoms with Gasteiger partial charge in [-0.15, -0.1) is 0 Å². The molecule has 0 radical (unpaired) electrons. The standard InChI is InChI=1S/C28H31F3N2O3/c29-28(30,31)19-2-1-3-20(14-19)32-26(36)13-12-25(35)27-23-15-33(16-24(23)27)21-8-4-17(5-9-21)18-6-10-22(34)11-7-18/h1-3,6-7,10-11,14,17,21,23-24,27,34H,4-5,8-9,12-13,15-16H2,(H,32,36)/t17?,21?,23-,24+,27?. The number of aromatic hydroxyl groups is 1. The summed E-state index contributed by atoms with van der Waals surface area (Å²) in [6, 6.07) is 12.6. The van der Waals surface area contributed by atoms with Gasteiger partial charge in [-0.3, -0.25) is 14.5 Å². The number of nitrogens with one attached hydrogen (secondary N) is 1. The lowest BCUT2D eigenvalue weighted by molar-refractivity contribution is -0.137. The summed E-state index contributed by atoms with van der Waals surface area (Å²) in [5.41, 5.74) is 0.556. The molecule has 3 atom stereocenters. The number of carbonyl (C=O) groups is 2. The molecule has 5 rings (SSSR count). The molecule has 1 heterocycles. The summed E-state index contributed by atoms with van der Waals surface area (Å²) < 4.78 is 38.5. The van der Waals surface area contributed by atoms with Crippen LogP contribution in [-0.4, -0.2) is 40.8 Å². The Bertz CT molecular complexity index is 1100. The third-order valence-electron chi connectivity index (χ3n) is 8.24. The molecule has 36 heavy (non-hydrogen) atoms. The Morgan fingerprint density at radius 3 is 2.25 bits per heavy atom. The lowest BCUT2D eigenvalue weighted by Gasteiger charge is -2.36. The number of phenols is 1. The molecule has 0 aromatic heterocycles. The van der Waals surface area contributed by atoms with Crippen molar-refractivity contribution in [3.05, 3.63) is 59.7 Å². The van der Waals surface area contributed by atoms with Crippen LogP contribution >= 0.6 is 0 Å². The van der Waals surface area contributed by atoms with Gasteiger partial charge in [0, 0.05) is 43.6 Å². The first kappa shape index (κ1) is 24.8. The number of alkyl halides is 3. The van der Waals surface area contributed by atoms with Crippen LogP contribution in [0, 0.1) is 17.8 Å². The molecule has 3 fully saturated rings. The smallest absolute Gasteiger partial charge is 0.416 e. The summed E-state index contributed by atoms with van der Waals surface area (Å²) >= 11 is 0. The Hall–Kier alpha value is -2.87. The molecule has 2 saturated carbocycles. The molecule has 0 bridgehead atoms. The first-order valence-electron chi connectivity index (χ1n) is 12.7. The number of nitrogens with zero attached hydrogens (tertiary/aromatic N) is 1. The fourth-order valence-corrected chi connectivity index (χ4v) is 6.26. The zero-order valence-electron chi connectivity index (χ0n) is 20.0. The minimum Gasteiger partial charge on any atom is -0.508 e. The van der Waals surface area contributed by atoms with Gasteiger partial charge < -0.3 is 10.4 Å². The van der Waals surface area contributed by atoms with Crippen LogP contribution in [0.2, 0.25) is 0 Å². The molecule has 192 valence electrons. The lowest BCUT2D eigenvalue weighted by Crippen LogP contribution is -2.38. The second-order valence-corrected chi connectivity index (χ2v) is 10.5. The molecular weight excluding hydrogens is 469 g/mol. The number of anilines is 1. The molecular formula is C28H31F3N2O3. The van der Waals surface area contributed by atoms with E-state index in [0.717, 1.165) is 50.9 Å². The van der Waals surface area contributed by atoms with Gasteiger partial charge in [-0.25, -0.2) is 0 Å². The fourth-order valence-electron chi connectivity index (χ4n) is 6.26. The number of fused-ring (bicyclic) bond motifs is 1. The summed E-state index contributed by atoms with van der Waals surface area (Å²) in [5.74, 6) is 1.26. The molecule has 1 saturated heterocycles. The number of phenolic OH excluding ortho intramolecular Hbond substituents is 1. The van der Waals surface area contributed by atoms with Crippen LogP contribution < -0.4 is 5.32 Å². The average molecular weight is 501 g/mol. The Balaban J connectivity index is 1.03. The number of amides is 1. The molecule has 2 aromatic carbocycles. The molecule has 3 aliphatic rings. The third kappa shape index (κ3) is 5.43. The van der Waals surface area contributed by atoms with Gasteiger partial charge in [0.15, 0.2) is 0 Å². The number of Topliss-reactive ketones (excluding diaryl/α,β-unsaturated/α-hetero) is 1. The average Bonchev–Trinajstić information content (AvgIpc) is 3.36. The van der Waals surface area contributed by atoms with E-state index in [1.165, 1.54) is 17.7 Å². The highest BCUT2D eigenvalue weighted by Crippen LogP contribution is 2.54. The quantitative estimate of drug-likeness (QED) is 0.519. The summed E-state index contributed by atoms with van der Waals surface area (Å²) in [4.78, 5) is 27.4. The number of hydrogen-bond acceptors (Lipinski definition) is 4. The van der Waals surface area contributed by atoms with E-state index in [0.29, 0.717) is 29.5 Å². The van der Waals surface area contributed by atoms with Gasteiger partial charge in [0.2, 0.25) is 5.91 Å². The Morgan fingerprint density at radius 2 is 1.61 bits per heavy atom. The number of likely N-dealkylation sites (tertiary alicyclic amines) is 1. The largest absolute Gasteiger partial charge is 0.508 e. The van der Waals surface area contributed by atoms with Gasteiger partial charge >= 0.3 is 6.18 Å². The number of piperidine rings is 1. The fraction of sp³-hybridized carbons (Fsp3) is 0.500. The van der Waals surface area contributed by atoms with E-state index in [-0.39, 0.29) is 30.2 Å². The highest BCUT2D eigenvalue weighted by atomic mass is 19.4. The zero-order chi connectivity index (χ0) is 25.4. The minimum absolute atomic E-state index is 0.0179. The van der Waals surface area contributed by atoms with Crippen molar-refractivity contribution in [2.75, 3.05) is 18.4 Å². The monoisotopic (exact) mass is 500 g/mol. The highest BCUT2D eigenvalue weighted by Gasteiger charge is 2.59. The number of ketones is 1. The van der Waals surface area contributed by atoms with Gasteiger partial charge in [0.25, 0.3) is 0 Å². The van der Waals surface area contributed by atoms with Crippen LogP contribution in [0.3, 0.4) is 0 Å². The van der Waals surface area contributed by atoms with E-state index < -0.39 is 17.6 Å². The van der Waals surface area contributed by atoms with E-state index in [1.54, 1.807) is 12.1 Å². The van der Waals surface area contributed by atoms with E-state index in [1.807, 2.05) is 12.1 Å². The predicted octanol–water partition coefficient (Wildman–Crippen LogP) is 5.60. The summed E-state index contributed by atoms with van der Waals surface area (Å²) in [6.07, 6.45) is 0.171. The van der Waals surface area contributed by atoms with Crippen LogP contribution in [-0.2, 0) is 15.8 Å². The van der Waals surface area contributed by atoms with Crippen molar-refractivity contribution >= 4 is 17.4 Å². The van der Waals surface area contributed by atoms with Gasteiger partial charge in [-0.05, 0) is 79.3 Å². The second-order valence-electron chi connectivity index (χ2n) is 10.5. The second kappa shape index (κ2) is 9.88. The predicted molar refractivity (Wildman–Crippen MR) is 129 cm³/mol. The first-order valence-corrected chi connectivity index (χ1v) is 12.7. The molecule has 1 aliphatic heterocycles. The van der Waals surface area contributed by atoms with Gasteiger partial charge in [-0.2, -0.15) is 13.2 Å². The molecule has 2 aromatic rings. The number of benzene rings is 2. The zero-order valence-corrected chi connectivity index (χ0v) is 20.0. The SMILES string of the molecule is O=C(CCC(=O)C1[C@H]2CN(C3CCC(c4ccc(O)cc4)CC3)C[C@@H]12)Nc1cccc(C(F)(F)F)c1. The van der Waals surface area contributed by atoms with Crippen molar-refractivity contribution in [2.24, 2.45) is 17.8 Å². The van der Waals surface area contributed by atoms with Crippen molar-refractivity contribution in [1.29, 1.82) is 0 Å². The molecule has 5 nitrogen and oxygen atoms in total. The maximum atomic E-state index is 12.8. The Labute approximate surface area is 208 Å². The van der Waals surface area contributed by atoms with Crippen molar-refractivity contribution in [3.8, 4) is 5.75 Å². The molecule has 1 unspecified atom stereocenters. The highest BCUT2D eigenvalue weighted by molar-refractivity contribution is 5.94. The number of carbonyl (C=O) groups excluding carboxylic acids is 2. The maximum Gasteiger partial charge on any atom is 0.416 e. The van der Waals surface area contributed by atoms with Crippen molar-refractivity contribution < 1.29 is 27.9 Å². The maximum absolute atomic E-state index is 12.8. The molecule has 2 N–H and O–H groups in total. The molecule has 8 heteroatoms. The van der Waals surface area contributed by atoms with Crippen LogP contribution in [0.4, 0.5) is 18.9 Å².